The van der Waals surface area contributed by atoms with Gasteiger partial charge in [-0.25, -0.2) is 27.3 Å². The fourth-order valence-electron chi connectivity index (χ4n) is 0.931. The lowest BCUT2D eigenvalue weighted by Crippen LogP contribution is -2.17. The molecule has 0 atom stereocenters. The Bertz CT molecular complexity index is 491. The Balaban J connectivity index is 3.62. The van der Waals surface area contributed by atoms with E-state index >= 15 is 0 Å². The molecule has 0 amide bonds. The van der Waals surface area contributed by atoms with Crippen molar-refractivity contribution in [1.82, 2.24) is 4.98 Å². The summed E-state index contributed by atoms with van der Waals surface area (Å²) in [5.41, 5.74) is 4.58. The lowest BCUT2D eigenvalue weighted by atomic mass is 10.3. The molecule has 0 aliphatic rings. The van der Waals surface area contributed by atoms with Gasteiger partial charge in [-0.1, -0.05) is 0 Å². The highest BCUT2D eigenvalue weighted by Gasteiger charge is 2.25. The smallest absolute Gasteiger partial charge is 0.266 e. The van der Waals surface area contributed by atoms with Crippen LogP contribution in [0.15, 0.2) is 11.1 Å². The second-order valence-corrected chi connectivity index (χ2v) is 5.19. The Kier molecular flexibility index (Phi) is 3.45. The number of sulfonamides is 1. The van der Waals surface area contributed by atoms with Gasteiger partial charge in [-0.2, -0.15) is 0 Å². The van der Waals surface area contributed by atoms with Crippen molar-refractivity contribution in [2.24, 2.45) is 5.14 Å². The van der Waals surface area contributed by atoms with Crippen LogP contribution >= 0.6 is 22.6 Å². The molecule has 1 aromatic rings. The van der Waals surface area contributed by atoms with Crippen LogP contribution in [0, 0.1) is 3.57 Å². The number of hydrogen-bond donors (Lipinski definition) is 2. The Hall–Kier alpha value is -0.550. The predicted molar refractivity (Wildman–Crippen MR) is 57.7 cm³/mol. The van der Waals surface area contributed by atoms with Crippen molar-refractivity contribution < 1.29 is 17.2 Å². The van der Waals surface area contributed by atoms with E-state index < -0.39 is 26.9 Å². The Morgan fingerprint density at radius 3 is 2.40 bits per heavy atom. The summed E-state index contributed by atoms with van der Waals surface area (Å²) in [6.45, 7) is 0. The summed E-state index contributed by atoms with van der Waals surface area (Å²) in [4.78, 5) is 2.77. The van der Waals surface area contributed by atoms with Crippen molar-refractivity contribution >= 4 is 38.4 Å². The van der Waals surface area contributed by atoms with Gasteiger partial charge in [0, 0.05) is 6.20 Å². The molecule has 9 heteroatoms. The molecule has 0 radical (unpaired) electrons. The van der Waals surface area contributed by atoms with Crippen molar-refractivity contribution in [3.05, 3.63) is 15.3 Å². The number of hydrogen-bond acceptors (Lipinski definition) is 4. The normalized spacial score (nSPS) is 12.1. The van der Waals surface area contributed by atoms with E-state index in [1.807, 2.05) is 0 Å². The van der Waals surface area contributed by atoms with Crippen molar-refractivity contribution in [2.45, 2.75) is 11.3 Å². The standard InChI is InChI=1S/C6H6F2IN3O2S/c7-5(8)3-2(15(11,13)14)1-12-6(10)4(3)9/h1,5H,(H2,10,12)(H2,11,13,14). The molecular weight excluding hydrogens is 343 g/mol. The average molecular weight is 349 g/mol. The minimum atomic E-state index is -4.22. The Morgan fingerprint density at radius 2 is 2.00 bits per heavy atom. The zero-order valence-electron chi connectivity index (χ0n) is 7.12. The summed E-state index contributed by atoms with van der Waals surface area (Å²) in [5, 5.41) is 4.77. The Labute approximate surface area is 98.0 Å². The fraction of sp³-hybridized carbons (Fsp3) is 0.167. The third-order valence-electron chi connectivity index (χ3n) is 1.57. The fourth-order valence-corrected chi connectivity index (χ4v) is 2.48. The van der Waals surface area contributed by atoms with Gasteiger partial charge in [0.15, 0.2) is 0 Å². The van der Waals surface area contributed by atoms with Gasteiger partial charge in [0.05, 0.1) is 9.13 Å². The van der Waals surface area contributed by atoms with Crippen LogP contribution in [0.3, 0.4) is 0 Å². The largest absolute Gasteiger partial charge is 0.383 e. The van der Waals surface area contributed by atoms with Crippen molar-refractivity contribution in [2.75, 3.05) is 5.73 Å². The SMILES string of the molecule is Nc1ncc(S(N)(=O)=O)c(C(F)F)c1I. The molecule has 5 nitrogen and oxygen atoms in total. The van der Waals surface area contributed by atoms with E-state index in [1.54, 1.807) is 0 Å². The van der Waals surface area contributed by atoms with Crippen LogP contribution < -0.4 is 10.9 Å². The highest BCUT2D eigenvalue weighted by molar-refractivity contribution is 14.1. The average Bonchev–Trinajstić information content (AvgIpc) is 2.06. The van der Waals surface area contributed by atoms with E-state index in [0.717, 1.165) is 6.20 Å². The van der Waals surface area contributed by atoms with Crippen molar-refractivity contribution in [3.63, 3.8) is 0 Å². The maximum atomic E-state index is 12.6. The molecule has 15 heavy (non-hydrogen) atoms. The molecule has 1 heterocycles. The molecule has 0 aliphatic heterocycles. The van der Waals surface area contributed by atoms with E-state index in [4.69, 9.17) is 10.9 Å². The third kappa shape index (κ3) is 2.52. The van der Waals surface area contributed by atoms with E-state index in [1.165, 1.54) is 22.6 Å². The van der Waals surface area contributed by atoms with Crippen LogP contribution in [0.25, 0.3) is 0 Å². The summed E-state index contributed by atoms with van der Waals surface area (Å²) in [7, 11) is -4.22. The number of pyridine rings is 1. The van der Waals surface area contributed by atoms with E-state index in [9.17, 15) is 17.2 Å². The molecule has 4 N–H and O–H groups in total. The van der Waals surface area contributed by atoms with Crippen LogP contribution in [0.2, 0.25) is 0 Å². The summed E-state index contributed by atoms with van der Waals surface area (Å²) in [6, 6.07) is 0. The lowest BCUT2D eigenvalue weighted by Gasteiger charge is -2.09. The molecule has 0 aromatic carbocycles. The molecule has 1 rings (SSSR count). The lowest BCUT2D eigenvalue weighted by molar-refractivity contribution is 0.147. The molecule has 0 saturated carbocycles. The molecule has 0 unspecified atom stereocenters. The number of alkyl halides is 2. The minimum absolute atomic E-state index is 0.103. The zero-order chi connectivity index (χ0) is 11.8. The van der Waals surface area contributed by atoms with Crippen LogP contribution in [-0.4, -0.2) is 13.4 Å². The number of primary sulfonamides is 1. The second kappa shape index (κ2) is 4.14. The summed E-state index contributed by atoms with van der Waals surface area (Å²) >= 11 is 1.50. The van der Waals surface area contributed by atoms with Gasteiger partial charge in [0.1, 0.15) is 10.7 Å². The monoisotopic (exact) mass is 349 g/mol. The first-order valence-electron chi connectivity index (χ1n) is 3.50. The number of nitrogens with two attached hydrogens (primary N) is 2. The van der Waals surface area contributed by atoms with Crippen LogP contribution in [-0.2, 0) is 10.0 Å². The van der Waals surface area contributed by atoms with Gasteiger partial charge in [-0.3, -0.25) is 0 Å². The topological polar surface area (TPSA) is 99.1 Å². The quantitative estimate of drug-likeness (QED) is 0.774. The van der Waals surface area contributed by atoms with Crippen molar-refractivity contribution in [3.8, 4) is 0 Å². The zero-order valence-corrected chi connectivity index (χ0v) is 10.1. The van der Waals surface area contributed by atoms with Crippen LogP contribution in [0.1, 0.15) is 12.0 Å². The van der Waals surface area contributed by atoms with Gasteiger partial charge in [0.25, 0.3) is 6.43 Å². The van der Waals surface area contributed by atoms with Gasteiger partial charge in [-0.05, 0) is 22.6 Å². The number of rotatable bonds is 2. The highest BCUT2D eigenvalue weighted by atomic mass is 127. The van der Waals surface area contributed by atoms with E-state index in [2.05, 4.69) is 4.98 Å². The van der Waals surface area contributed by atoms with Gasteiger partial charge < -0.3 is 5.73 Å². The summed E-state index contributed by atoms with van der Waals surface area (Å²) in [5.74, 6) is -0.154. The number of halogens is 3. The van der Waals surface area contributed by atoms with Gasteiger partial charge in [0.2, 0.25) is 10.0 Å². The first-order chi connectivity index (χ1) is 6.75. The molecule has 84 valence electrons. The molecule has 0 bridgehead atoms. The molecule has 0 fully saturated rings. The number of nitrogens with zero attached hydrogens (tertiary/aromatic N) is 1. The maximum absolute atomic E-state index is 12.6. The third-order valence-corrected chi connectivity index (χ3v) is 3.64. The number of nitrogen functional groups attached to an aromatic ring is 1. The molecule has 0 saturated heterocycles. The Morgan fingerprint density at radius 1 is 1.47 bits per heavy atom. The number of aromatic nitrogens is 1. The molecule has 0 aliphatic carbocycles. The molecular formula is C6H6F2IN3O2S. The van der Waals surface area contributed by atoms with Crippen molar-refractivity contribution in [1.29, 1.82) is 0 Å². The van der Waals surface area contributed by atoms with Crippen LogP contribution in [0.4, 0.5) is 14.6 Å². The predicted octanol–water partition coefficient (Wildman–Crippen LogP) is 0.853. The first kappa shape index (κ1) is 12.5. The summed E-state index contributed by atoms with van der Waals surface area (Å²) < 4.78 is 47.0. The molecule has 0 spiro atoms. The van der Waals surface area contributed by atoms with Gasteiger partial charge in [-0.15, -0.1) is 0 Å². The van der Waals surface area contributed by atoms with Crippen LogP contribution in [0.5, 0.6) is 0 Å². The summed E-state index contributed by atoms with van der Waals surface area (Å²) in [6.07, 6.45) is -2.25. The van der Waals surface area contributed by atoms with E-state index in [0.29, 0.717) is 0 Å². The van der Waals surface area contributed by atoms with Gasteiger partial charge >= 0.3 is 0 Å². The maximum Gasteiger partial charge on any atom is 0.266 e. The highest BCUT2D eigenvalue weighted by Crippen LogP contribution is 2.32. The van der Waals surface area contributed by atoms with E-state index in [-0.39, 0.29) is 9.39 Å². The second-order valence-electron chi connectivity index (χ2n) is 2.58. The number of anilines is 1. The first-order valence-corrected chi connectivity index (χ1v) is 6.12. The minimum Gasteiger partial charge on any atom is -0.383 e. The molecule has 1 aromatic heterocycles.